The van der Waals surface area contributed by atoms with Gasteiger partial charge in [0.2, 0.25) is 0 Å². The fraction of sp³-hybridized carbons (Fsp3) is 0.667. The lowest BCUT2D eigenvalue weighted by Crippen LogP contribution is -2.48. The molecule has 1 heterocycles. The predicted molar refractivity (Wildman–Crippen MR) is 108 cm³/mol. The van der Waals surface area contributed by atoms with Crippen LogP contribution >= 0.6 is 0 Å². The van der Waals surface area contributed by atoms with E-state index in [2.05, 4.69) is 44.8 Å². The van der Waals surface area contributed by atoms with Gasteiger partial charge >= 0.3 is 0 Å². The van der Waals surface area contributed by atoms with E-state index in [-0.39, 0.29) is 0 Å². The molecule has 1 fully saturated rings. The van der Waals surface area contributed by atoms with Crippen LogP contribution in [-0.2, 0) is 17.7 Å². The van der Waals surface area contributed by atoms with Gasteiger partial charge in [-0.1, -0.05) is 30.7 Å². The molecule has 1 aromatic rings. The highest BCUT2D eigenvalue weighted by molar-refractivity contribution is 5.79. The first kappa shape index (κ1) is 19.2. The molecule has 26 heavy (non-hydrogen) atoms. The van der Waals surface area contributed by atoms with Crippen molar-refractivity contribution in [3.05, 3.63) is 35.4 Å². The SMILES string of the molecule is CN=C(NCCN1CCc2ccccc2C1)NCC1(CCOC)CCC1. The Labute approximate surface area is 158 Å². The highest BCUT2D eigenvalue weighted by atomic mass is 16.5. The molecule has 0 aromatic heterocycles. The molecule has 3 rings (SSSR count). The first-order valence-electron chi connectivity index (χ1n) is 9.97. The lowest BCUT2D eigenvalue weighted by atomic mass is 9.67. The molecule has 2 aliphatic rings. The number of rotatable bonds is 8. The van der Waals surface area contributed by atoms with E-state index in [0.29, 0.717) is 5.41 Å². The zero-order valence-electron chi connectivity index (χ0n) is 16.4. The largest absolute Gasteiger partial charge is 0.385 e. The molecule has 0 bridgehead atoms. The number of methoxy groups -OCH3 is 1. The second-order valence-electron chi connectivity index (χ2n) is 7.74. The van der Waals surface area contributed by atoms with Crippen molar-refractivity contribution in [3.8, 4) is 0 Å². The van der Waals surface area contributed by atoms with Gasteiger partial charge in [0.05, 0.1) is 0 Å². The minimum Gasteiger partial charge on any atom is -0.385 e. The molecule has 1 aliphatic heterocycles. The maximum absolute atomic E-state index is 5.28. The maximum atomic E-state index is 5.28. The third kappa shape index (κ3) is 4.98. The van der Waals surface area contributed by atoms with Gasteiger partial charge < -0.3 is 15.4 Å². The minimum atomic E-state index is 0.407. The van der Waals surface area contributed by atoms with E-state index in [9.17, 15) is 0 Å². The van der Waals surface area contributed by atoms with Crippen LogP contribution in [-0.4, -0.2) is 57.8 Å². The summed E-state index contributed by atoms with van der Waals surface area (Å²) in [6.45, 7) is 6.02. The van der Waals surface area contributed by atoms with Gasteiger partial charge in [-0.05, 0) is 42.2 Å². The number of aliphatic imine (C=N–C) groups is 1. The molecule has 144 valence electrons. The molecule has 0 saturated heterocycles. The standard InChI is InChI=1S/C21H34N4O/c1-22-20(24-17-21(9-5-10-21)11-15-26-2)23-12-14-25-13-8-18-6-3-4-7-19(18)16-25/h3-4,6-7H,5,8-17H2,1-2H3,(H2,22,23,24). The topological polar surface area (TPSA) is 48.9 Å². The van der Waals surface area contributed by atoms with E-state index >= 15 is 0 Å². The summed E-state index contributed by atoms with van der Waals surface area (Å²) in [6.07, 6.45) is 6.24. The summed E-state index contributed by atoms with van der Waals surface area (Å²) in [6, 6.07) is 8.81. The molecule has 0 radical (unpaired) electrons. The quantitative estimate of drug-likeness (QED) is 0.553. The van der Waals surface area contributed by atoms with E-state index in [1.807, 2.05) is 7.05 Å². The zero-order valence-corrected chi connectivity index (χ0v) is 16.4. The number of guanidine groups is 1. The second-order valence-corrected chi connectivity index (χ2v) is 7.74. The lowest BCUT2D eigenvalue weighted by Gasteiger charge is -2.42. The Balaban J connectivity index is 1.38. The maximum Gasteiger partial charge on any atom is 0.191 e. The lowest BCUT2D eigenvalue weighted by molar-refractivity contribution is 0.0732. The van der Waals surface area contributed by atoms with Crippen molar-refractivity contribution in [2.45, 2.75) is 38.6 Å². The molecule has 1 aliphatic carbocycles. The number of nitrogens with zero attached hydrogens (tertiary/aromatic N) is 2. The van der Waals surface area contributed by atoms with Gasteiger partial charge in [0.1, 0.15) is 0 Å². The van der Waals surface area contributed by atoms with Crippen molar-refractivity contribution >= 4 is 5.96 Å². The number of hydrogen-bond acceptors (Lipinski definition) is 3. The van der Waals surface area contributed by atoms with Gasteiger partial charge in [0, 0.05) is 53.5 Å². The van der Waals surface area contributed by atoms with E-state index in [4.69, 9.17) is 4.74 Å². The molecular formula is C21H34N4O. The summed E-state index contributed by atoms with van der Waals surface area (Å²) < 4.78 is 5.28. The van der Waals surface area contributed by atoms with Crippen LogP contribution in [0.2, 0.25) is 0 Å². The monoisotopic (exact) mass is 358 g/mol. The van der Waals surface area contributed by atoms with Crippen molar-refractivity contribution in [3.63, 3.8) is 0 Å². The predicted octanol–water partition coefficient (Wildman–Crippen LogP) is 2.42. The zero-order chi connectivity index (χ0) is 18.2. The highest BCUT2D eigenvalue weighted by Gasteiger charge is 2.36. The molecule has 1 saturated carbocycles. The number of hydrogen-bond donors (Lipinski definition) is 2. The van der Waals surface area contributed by atoms with E-state index in [0.717, 1.165) is 58.1 Å². The summed E-state index contributed by atoms with van der Waals surface area (Å²) >= 11 is 0. The number of ether oxygens (including phenoxy) is 1. The average Bonchev–Trinajstić information content (AvgIpc) is 2.65. The number of benzene rings is 1. The summed E-state index contributed by atoms with van der Waals surface area (Å²) in [5, 5.41) is 7.02. The Kier molecular flexibility index (Phi) is 6.92. The van der Waals surface area contributed by atoms with Crippen molar-refractivity contribution in [2.75, 3.05) is 46.9 Å². The Morgan fingerprint density at radius 3 is 2.73 bits per heavy atom. The molecular weight excluding hydrogens is 324 g/mol. The molecule has 5 heteroatoms. The Morgan fingerprint density at radius 2 is 2.04 bits per heavy atom. The Hall–Kier alpha value is -1.59. The molecule has 0 atom stereocenters. The molecule has 2 N–H and O–H groups in total. The molecule has 0 amide bonds. The van der Waals surface area contributed by atoms with Gasteiger partial charge in [-0.25, -0.2) is 0 Å². The van der Waals surface area contributed by atoms with Gasteiger partial charge in [-0.15, -0.1) is 0 Å². The van der Waals surface area contributed by atoms with Crippen LogP contribution in [0.5, 0.6) is 0 Å². The van der Waals surface area contributed by atoms with Crippen LogP contribution < -0.4 is 10.6 Å². The van der Waals surface area contributed by atoms with Crippen LogP contribution in [0.15, 0.2) is 29.3 Å². The van der Waals surface area contributed by atoms with E-state index < -0.39 is 0 Å². The minimum absolute atomic E-state index is 0.407. The normalized spacial score (nSPS) is 19.5. The smallest absolute Gasteiger partial charge is 0.191 e. The van der Waals surface area contributed by atoms with Crippen LogP contribution in [0.1, 0.15) is 36.8 Å². The van der Waals surface area contributed by atoms with Crippen molar-refractivity contribution in [2.24, 2.45) is 10.4 Å². The number of fused-ring (bicyclic) bond motifs is 1. The van der Waals surface area contributed by atoms with Crippen molar-refractivity contribution in [1.82, 2.24) is 15.5 Å². The summed E-state index contributed by atoms with van der Waals surface area (Å²) in [4.78, 5) is 6.92. The third-order valence-electron chi connectivity index (χ3n) is 6.04. The first-order chi connectivity index (χ1) is 12.7. The Morgan fingerprint density at radius 1 is 1.23 bits per heavy atom. The van der Waals surface area contributed by atoms with Crippen LogP contribution in [0.4, 0.5) is 0 Å². The number of nitrogens with one attached hydrogen (secondary N) is 2. The van der Waals surface area contributed by atoms with Crippen molar-refractivity contribution in [1.29, 1.82) is 0 Å². The van der Waals surface area contributed by atoms with E-state index in [1.54, 1.807) is 7.11 Å². The summed E-state index contributed by atoms with van der Waals surface area (Å²) in [5.74, 6) is 0.922. The van der Waals surface area contributed by atoms with Gasteiger partial charge in [-0.3, -0.25) is 9.89 Å². The van der Waals surface area contributed by atoms with Gasteiger partial charge in [-0.2, -0.15) is 0 Å². The molecule has 1 aromatic carbocycles. The summed E-state index contributed by atoms with van der Waals surface area (Å²) in [5.41, 5.74) is 3.40. The average molecular weight is 359 g/mol. The van der Waals surface area contributed by atoms with Gasteiger partial charge in [0.15, 0.2) is 5.96 Å². The van der Waals surface area contributed by atoms with Crippen LogP contribution in [0.25, 0.3) is 0 Å². The first-order valence-corrected chi connectivity index (χ1v) is 9.97. The van der Waals surface area contributed by atoms with Crippen LogP contribution in [0.3, 0.4) is 0 Å². The van der Waals surface area contributed by atoms with Gasteiger partial charge in [0.25, 0.3) is 0 Å². The summed E-state index contributed by atoms with van der Waals surface area (Å²) in [7, 11) is 3.65. The van der Waals surface area contributed by atoms with E-state index in [1.165, 1.54) is 30.4 Å². The fourth-order valence-electron chi connectivity index (χ4n) is 4.08. The second kappa shape index (κ2) is 9.38. The molecule has 0 spiro atoms. The highest BCUT2D eigenvalue weighted by Crippen LogP contribution is 2.43. The fourth-order valence-corrected chi connectivity index (χ4v) is 4.08. The Bertz CT molecular complexity index is 597. The molecule has 0 unspecified atom stereocenters. The van der Waals surface area contributed by atoms with Crippen molar-refractivity contribution < 1.29 is 4.74 Å². The van der Waals surface area contributed by atoms with Crippen LogP contribution in [0, 0.1) is 5.41 Å². The molecule has 5 nitrogen and oxygen atoms in total. The third-order valence-corrected chi connectivity index (χ3v) is 6.04.